The summed E-state index contributed by atoms with van der Waals surface area (Å²) >= 11 is 0. The van der Waals surface area contributed by atoms with Crippen LogP contribution in [0.2, 0.25) is 0 Å². The molecule has 2 rings (SSSR count). The van der Waals surface area contributed by atoms with Gasteiger partial charge in [0.1, 0.15) is 0 Å². The van der Waals surface area contributed by atoms with Gasteiger partial charge in [0.15, 0.2) is 0 Å². The fourth-order valence-corrected chi connectivity index (χ4v) is 2.26. The molecular weight excluding hydrogens is 250 g/mol. The van der Waals surface area contributed by atoms with Crippen LogP contribution in [0.1, 0.15) is 25.3 Å². The van der Waals surface area contributed by atoms with Gasteiger partial charge in [-0.15, -0.1) is 12.4 Å². The number of piperidine rings is 1. The number of carboxylic acids is 1. The van der Waals surface area contributed by atoms with E-state index in [0.717, 1.165) is 32.5 Å². The van der Waals surface area contributed by atoms with Crippen molar-refractivity contribution in [3.63, 3.8) is 0 Å². The Morgan fingerprint density at radius 3 is 2.33 bits per heavy atom. The molecule has 100 valence electrons. The number of carboxylic acid groups (broad SMARTS) is 1. The predicted molar refractivity (Wildman–Crippen MR) is 73.9 cm³/mol. The topological polar surface area (TPSA) is 40.5 Å². The fraction of sp³-hybridized carbons (Fsp3) is 0.500. The molecule has 0 spiro atoms. The van der Waals surface area contributed by atoms with Crippen LogP contribution in [0.25, 0.3) is 0 Å². The highest BCUT2D eigenvalue weighted by atomic mass is 35.5. The van der Waals surface area contributed by atoms with Gasteiger partial charge in [-0.1, -0.05) is 30.3 Å². The number of hydrogen-bond acceptors (Lipinski definition) is 2. The second kappa shape index (κ2) is 6.21. The molecule has 0 bridgehead atoms. The lowest BCUT2D eigenvalue weighted by atomic mass is 9.80. The molecule has 0 saturated carbocycles. The molecule has 18 heavy (non-hydrogen) atoms. The molecule has 1 saturated heterocycles. The fourth-order valence-electron chi connectivity index (χ4n) is 2.26. The smallest absolute Gasteiger partial charge is 0.309 e. The number of halogens is 1. The second-order valence-electron chi connectivity index (χ2n) is 5.13. The Hall–Kier alpha value is -1.06. The van der Waals surface area contributed by atoms with Gasteiger partial charge in [0.2, 0.25) is 0 Å². The van der Waals surface area contributed by atoms with Gasteiger partial charge in [0.25, 0.3) is 0 Å². The molecule has 0 amide bonds. The summed E-state index contributed by atoms with van der Waals surface area (Å²) in [4.78, 5) is 13.5. The molecule has 1 aromatic carbocycles. The number of aliphatic carboxylic acids is 1. The largest absolute Gasteiger partial charge is 0.481 e. The molecule has 0 unspecified atom stereocenters. The Kier molecular flexibility index (Phi) is 5.17. The molecule has 1 aliphatic heterocycles. The van der Waals surface area contributed by atoms with Gasteiger partial charge in [-0.2, -0.15) is 0 Å². The van der Waals surface area contributed by atoms with Crippen LogP contribution in [0.15, 0.2) is 30.3 Å². The lowest BCUT2D eigenvalue weighted by Gasteiger charge is -2.36. The third-order valence-electron chi connectivity index (χ3n) is 3.72. The van der Waals surface area contributed by atoms with Crippen molar-refractivity contribution in [2.24, 2.45) is 5.41 Å². The molecule has 0 aromatic heterocycles. The van der Waals surface area contributed by atoms with Gasteiger partial charge >= 0.3 is 5.97 Å². The maximum atomic E-state index is 11.1. The first-order chi connectivity index (χ1) is 8.10. The standard InChI is InChI=1S/C14H19NO2.ClH/c1-14(13(16)17)7-9-15(10-8-14)11-12-5-3-2-4-6-12;/h2-6H,7-11H2,1H3,(H,16,17);1H. The van der Waals surface area contributed by atoms with E-state index in [0.29, 0.717) is 0 Å². The van der Waals surface area contributed by atoms with Crippen LogP contribution in [0.5, 0.6) is 0 Å². The zero-order valence-corrected chi connectivity index (χ0v) is 11.4. The molecule has 0 atom stereocenters. The highest BCUT2D eigenvalue weighted by molar-refractivity contribution is 5.85. The van der Waals surface area contributed by atoms with Crippen LogP contribution >= 0.6 is 12.4 Å². The van der Waals surface area contributed by atoms with Crippen LogP contribution in [-0.4, -0.2) is 29.1 Å². The summed E-state index contributed by atoms with van der Waals surface area (Å²) in [6, 6.07) is 10.3. The van der Waals surface area contributed by atoms with E-state index in [1.165, 1.54) is 5.56 Å². The number of hydrogen-bond donors (Lipinski definition) is 1. The van der Waals surface area contributed by atoms with Crippen molar-refractivity contribution in [2.75, 3.05) is 13.1 Å². The molecule has 1 heterocycles. The summed E-state index contributed by atoms with van der Waals surface area (Å²) in [5, 5.41) is 9.15. The molecule has 1 N–H and O–H groups in total. The molecule has 0 aliphatic carbocycles. The Morgan fingerprint density at radius 2 is 1.83 bits per heavy atom. The van der Waals surface area contributed by atoms with Gasteiger partial charge in [-0.05, 0) is 38.4 Å². The Bertz CT molecular complexity index is 386. The SMILES string of the molecule is CC1(C(=O)O)CCN(Cc2ccccc2)CC1.Cl. The minimum absolute atomic E-state index is 0. The zero-order valence-electron chi connectivity index (χ0n) is 10.6. The van der Waals surface area contributed by atoms with Crippen molar-refractivity contribution < 1.29 is 9.90 Å². The average molecular weight is 270 g/mol. The van der Waals surface area contributed by atoms with Crippen LogP contribution in [-0.2, 0) is 11.3 Å². The number of carbonyl (C=O) groups is 1. The molecule has 0 radical (unpaired) electrons. The Balaban J connectivity index is 0.00000162. The molecule has 1 aromatic rings. The van der Waals surface area contributed by atoms with E-state index < -0.39 is 11.4 Å². The van der Waals surface area contributed by atoms with E-state index in [2.05, 4.69) is 17.0 Å². The van der Waals surface area contributed by atoms with Crippen molar-refractivity contribution in [1.29, 1.82) is 0 Å². The summed E-state index contributed by atoms with van der Waals surface area (Å²) in [7, 11) is 0. The lowest BCUT2D eigenvalue weighted by molar-refractivity contribution is -0.150. The first-order valence-corrected chi connectivity index (χ1v) is 6.10. The van der Waals surface area contributed by atoms with Crippen molar-refractivity contribution in [1.82, 2.24) is 4.90 Å². The first-order valence-electron chi connectivity index (χ1n) is 6.10. The van der Waals surface area contributed by atoms with Crippen LogP contribution in [0.4, 0.5) is 0 Å². The highest BCUT2D eigenvalue weighted by Gasteiger charge is 2.36. The van der Waals surface area contributed by atoms with E-state index in [4.69, 9.17) is 5.11 Å². The van der Waals surface area contributed by atoms with Crippen LogP contribution in [0, 0.1) is 5.41 Å². The molecule has 4 heteroatoms. The van der Waals surface area contributed by atoms with Crippen molar-refractivity contribution in [2.45, 2.75) is 26.3 Å². The highest BCUT2D eigenvalue weighted by Crippen LogP contribution is 2.31. The Labute approximate surface area is 114 Å². The third-order valence-corrected chi connectivity index (χ3v) is 3.72. The van der Waals surface area contributed by atoms with Crippen LogP contribution < -0.4 is 0 Å². The minimum atomic E-state index is -0.656. The summed E-state index contributed by atoms with van der Waals surface area (Å²) in [5.41, 5.74) is 0.777. The van der Waals surface area contributed by atoms with Crippen molar-refractivity contribution in [3.05, 3.63) is 35.9 Å². The summed E-state index contributed by atoms with van der Waals surface area (Å²) in [6.45, 7) is 4.53. The summed E-state index contributed by atoms with van der Waals surface area (Å²) in [6.07, 6.45) is 1.49. The maximum Gasteiger partial charge on any atom is 0.309 e. The van der Waals surface area contributed by atoms with Crippen molar-refractivity contribution >= 4 is 18.4 Å². The molecule has 3 nitrogen and oxygen atoms in total. The van der Waals surface area contributed by atoms with E-state index in [1.54, 1.807) is 0 Å². The zero-order chi connectivity index (χ0) is 12.3. The van der Waals surface area contributed by atoms with E-state index in [-0.39, 0.29) is 12.4 Å². The second-order valence-corrected chi connectivity index (χ2v) is 5.13. The Morgan fingerprint density at radius 1 is 1.28 bits per heavy atom. The normalized spacial score (nSPS) is 18.9. The third kappa shape index (κ3) is 3.47. The van der Waals surface area contributed by atoms with E-state index in [1.807, 2.05) is 25.1 Å². The first kappa shape index (κ1) is 15.0. The maximum absolute atomic E-state index is 11.1. The minimum Gasteiger partial charge on any atom is -0.481 e. The van der Waals surface area contributed by atoms with Crippen LogP contribution in [0.3, 0.4) is 0 Å². The van der Waals surface area contributed by atoms with Gasteiger partial charge in [0, 0.05) is 6.54 Å². The molecular formula is C14H20ClNO2. The number of nitrogens with zero attached hydrogens (tertiary/aromatic N) is 1. The van der Waals surface area contributed by atoms with Gasteiger partial charge in [-0.3, -0.25) is 9.69 Å². The summed E-state index contributed by atoms with van der Waals surface area (Å²) in [5.74, 6) is -0.656. The molecule has 1 aliphatic rings. The van der Waals surface area contributed by atoms with Gasteiger partial charge in [-0.25, -0.2) is 0 Å². The number of benzene rings is 1. The van der Waals surface area contributed by atoms with Crippen molar-refractivity contribution in [3.8, 4) is 0 Å². The monoisotopic (exact) mass is 269 g/mol. The van der Waals surface area contributed by atoms with E-state index in [9.17, 15) is 4.79 Å². The predicted octanol–water partition coefficient (Wildman–Crippen LogP) is 2.80. The number of likely N-dealkylation sites (tertiary alicyclic amines) is 1. The van der Waals surface area contributed by atoms with E-state index >= 15 is 0 Å². The van der Waals surface area contributed by atoms with Gasteiger partial charge < -0.3 is 5.11 Å². The van der Waals surface area contributed by atoms with Gasteiger partial charge in [0.05, 0.1) is 5.41 Å². The number of rotatable bonds is 3. The quantitative estimate of drug-likeness (QED) is 0.917. The lowest BCUT2D eigenvalue weighted by Crippen LogP contribution is -2.42. The summed E-state index contributed by atoms with van der Waals surface area (Å²) < 4.78 is 0. The average Bonchev–Trinajstić information content (AvgIpc) is 2.33. The molecule has 1 fully saturated rings.